The molecule has 1 aromatic carbocycles. The number of aromatic nitrogens is 1. The fraction of sp³-hybridized carbons (Fsp3) is 0.190. The van der Waals surface area contributed by atoms with Crippen molar-refractivity contribution in [3.63, 3.8) is 0 Å². The first-order valence-corrected chi connectivity index (χ1v) is 9.55. The van der Waals surface area contributed by atoms with Crippen LogP contribution in [-0.2, 0) is 4.74 Å². The van der Waals surface area contributed by atoms with E-state index in [1.807, 2.05) is 30.4 Å². The number of carbonyl (C=O) groups is 2. The lowest BCUT2D eigenvalue weighted by Crippen LogP contribution is -2.15. The zero-order chi connectivity index (χ0) is 20.1. The molecule has 0 aliphatic heterocycles. The summed E-state index contributed by atoms with van der Waals surface area (Å²) < 4.78 is 9.63. The second-order valence-electron chi connectivity index (χ2n) is 6.37. The van der Waals surface area contributed by atoms with Crippen molar-refractivity contribution in [2.45, 2.75) is 19.8 Å². The van der Waals surface area contributed by atoms with Crippen LogP contribution < -0.4 is 5.32 Å². The average Bonchev–Trinajstić information content (AvgIpc) is 3.35. The Kier molecular flexibility index (Phi) is 6.06. The lowest BCUT2D eigenvalue weighted by atomic mass is 10.1. The number of carbonyl (C=O) groups excluding carboxylic acids is 2. The SMILES string of the molecule is COC(=O)c1cocc1C(=O)Nc1cccc(C=Cc2nc(C(C)C)cs2)c1. The summed E-state index contributed by atoms with van der Waals surface area (Å²) in [6.45, 7) is 4.22. The Morgan fingerprint density at radius 2 is 2.00 bits per heavy atom. The number of ether oxygens (including phenoxy) is 1. The highest BCUT2D eigenvalue weighted by Crippen LogP contribution is 2.21. The average molecular weight is 396 g/mol. The molecule has 0 radical (unpaired) electrons. The van der Waals surface area contributed by atoms with Crippen molar-refractivity contribution in [1.29, 1.82) is 0 Å². The van der Waals surface area contributed by atoms with Gasteiger partial charge in [-0.2, -0.15) is 0 Å². The van der Waals surface area contributed by atoms with Crippen molar-refractivity contribution in [1.82, 2.24) is 4.98 Å². The molecule has 6 nitrogen and oxygen atoms in total. The van der Waals surface area contributed by atoms with Crippen LogP contribution in [0.3, 0.4) is 0 Å². The van der Waals surface area contributed by atoms with Gasteiger partial charge < -0.3 is 14.5 Å². The van der Waals surface area contributed by atoms with Gasteiger partial charge in [-0.25, -0.2) is 9.78 Å². The second kappa shape index (κ2) is 8.67. The van der Waals surface area contributed by atoms with E-state index in [0.717, 1.165) is 16.3 Å². The van der Waals surface area contributed by atoms with Gasteiger partial charge in [-0.3, -0.25) is 4.79 Å². The number of furan rings is 1. The van der Waals surface area contributed by atoms with E-state index in [9.17, 15) is 9.59 Å². The van der Waals surface area contributed by atoms with Crippen LogP contribution in [0.15, 0.2) is 46.6 Å². The maximum atomic E-state index is 12.5. The molecule has 1 amide bonds. The maximum Gasteiger partial charge on any atom is 0.341 e. The molecule has 0 bridgehead atoms. The molecule has 0 unspecified atom stereocenters. The third kappa shape index (κ3) is 4.55. The summed E-state index contributed by atoms with van der Waals surface area (Å²) in [5.74, 6) is -0.675. The van der Waals surface area contributed by atoms with Gasteiger partial charge in [0.25, 0.3) is 5.91 Å². The second-order valence-corrected chi connectivity index (χ2v) is 7.26. The minimum absolute atomic E-state index is 0.0841. The quantitative estimate of drug-likeness (QED) is 0.588. The maximum absolute atomic E-state index is 12.5. The van der Waals surface area contributed by atoms with E-state index >= 15 is 0 Å². The molecule has 0 saturated heterocycles. The van der Waals surface area contributed by atoms with Crippen LogP contribution in [0.2, 0.25) is 0 Å². The van der Waals surface area contributed by atoms with Crippen molar-refractivity contribution in [2.75, 3.05) is 12.4 Å². The molecule has 2 heterocycles. The number of nitrogens with zero attached hydrogens (tertiary/aromatic N) is 1. The summed E-state index contributed by atoms with van der Waals surface area (Å²) >= 11 is 1.59. The Morgan fingerprint density at radius 1 is 1.21 bits per heavy atom. The number of rotatable bonds is 6. The van der Waals surface area contributed by atoms with Crippen molar-refractivity contribution in [2.24, 2.45) is 0 Å². The standard InChI is InChI=1S/C21H20N2O4S/c1-13(2)18-12-28-19(23-18)8-7-14-5-4-6-15(9-14)22-20(24)16-10-27-11-17(16)21(25)26-3/h4-13H,1-3H3,(H,22,24). The van der Waals surface area contributed by atoms with Crippen molar-refractivity contribution >= 4 is 41.1 Å². The lowest BCUT2D eigenvalue weighted by Gasteiger charge is -2.06. The van der Waals surface area contributed by atoms with Gasteiger partial charge in [0.15, 0.2) is 0 Å². The number of hydrogen-bond donors (Lipinski definition) is 1. The third-order valence-electron chi connectivity index (χ3n) is 4.01. The van der Waals surface area contributed by atoms with Crippen molar-refractivity contribution in [3.8, 4) is 0 Å². The molecule has 1 N–H and O–H groups in total. The molecule has 0 fully saturated rings. The van der Waals surface area contributed by atoms with E-state index in [0.29, 0.717) is 11.6 Å². The summed E-state index contributed by atoms with van der Waals surface area (Å²) in [7, 11) is 1.25. The highest BCUT2D eigenvalue weighted by atomic mass is 32.1. The molecule has 7 heteroatoms. The Morgan fingerprint density at radius 3 is 2.71 bits per heavy atom. The van der Waals surface area contributed by atoms with E-state index in [-0.39, 0.29) is 11.1 Å². The molecular formula is C21H20N2O4S. The highest BCUT2D eigenvalue weighted by molar-refractivity contribution is 7.10. The summed E-state index contributed by atoms with van der Waals surface area (Å²) in [4.78, 5) is 28.7. The Balaban J connectivity index is 1.73. The molecule has 0 spiro atoms. The monoisotopic (exact) mass is 396 g/mol. The summed E-state index contributed by atoms with van der Waals surface area (Å²) in [6.07, 6.45) is 6.30. The van der Waals surface area contributed by atoms with Gasteiger partial charge in [0.2, 0.25) is 0 Å². The smallest absolute Gasteiger partial charge is 0.341 e. The molecular weight excluding hydrogens is 376 g/mol. The number of anilines is 1. The fourth-order valence-corrected chi connectivity index (χ4v) is 3.34. The van der Waals surface area contributed by atoms with Crippen LogP contribution in [-0.4, -0.2) is 24.0 Å². The van der Waals surface area contributed by atoms with Crippen LogP contribution in [0.5, 0.6) is 0 Å². The van der Waals surface area contributed by atoms with Gasteiger partial charge in [0, 0.05) is 11.1 Å². The minimum atomic E-state index is -0.625. The molecule has 0 atom stereocenters. The molecule has 28 heavy (non-hydrogen) atoms. The Hall–Kier alpha value is -3.19. The first-order valence-electron chi connectivity index (χ1n) is 8.67. The van der Waals surface area contributed by atoms with Crippen molar-refractivity contribution < 1.29 is 18.7 Å². The van der Waals surface area contributed by atoms with E-state index < -0.39 is 11.9 Å². The van der Waals surface area contributed by atoms with Crippen molar-refractivity contribution in [3.05, 3.63) is 69.6 Å². The zero-order valence-electron chi connectivity index (χ0n) is 15.8. The number of thiazole rings is 1. The third-order valence-corrected chi connectivity index (χ3v) is 4.83. The lowest BCUT2D eigenvalue weighted by molar-refractivity contribution is 0.0597. The Bertz CT molecular complexity index is 1020. The van der Waals surface area contributed by atoms with E-state index in [1.165, 1.54) is 19.6 Å². The van der Waals surface area contributed by atoms with Gasteiger partial charge in [-0.05, 0) is 29.7 Å². The Labute approximate surface area is 166 Å². The molecule has 2 aromatic heterocycles. The fourth-order valence-electron chi connectivity index (χ4n) is 2.47. The first kappa shape index (κ1) is 19.6. The van der Waals surface area contributed by atoms with Crippen LogP contribution in [0, 0.1) is 0 Å². The number of esters is 1. The van der Waals surface area contributed by atoms with Gasteiger partial charge >= 0.3 is 5.97 Å². The number of methoxy groups -OCH3 is 1. The normalized spacial score (nSPS) is 11.1. The molecule has 3 rings (SSSR count). The predicted octanol–water partition coefficient (Wildman–Crippen LogP) is 5.07. The number of benzene rings is 1. The van der Waals surface area contributed by atoms with Crippen LogP contribution in [0.4, 0.5) is 5.69 Å². The summed E-state index contributed by atoms with van der Waals surface area (Å²) in [5.41, 5.74) is 2.80. The summed E-state index contributed by atoms with van der Waals surface area (Å²) in [6, 6.07) is 7.38. The molecule has 3 aromatic rings. The number of hydrogen-bond acceptors (Lipinski definition) is 6. The van der Waals surface area contributed by atoms with E-state index in [2.05, 4.69) is 34.3 Å². The first-order chi connectivity index (χ1) is 13.5. The zero-order valence-corrected chi connectivity index (χ0v) is 16.6. The number of nitrogens with one attached hydrogen (secondary N) is 1. The predicted molar refractivity (Wildman–Crippen MR) is 110 cm³/mol. The number of amides is 1. The summed E-state index contributed by atoms with van der Waals surface area (Å²) in [5, 5.41) is 5.76. The van der Waals surface area contributed by atoms with E-state index in [1.54, 1.807) is 17.4 Å². The topological polar surface area (TPSA) is 81.4 Å². The molecule has 0 aliphatic rings. The minimum Gasteiger partial charge on any atom is -0.471 e. The van der Waals surface area contributed by atoms with Gasteiger partial charge in [-0.1, -0.05) is 32.1 Å². The van der Waals surface area contributed by atoms with Gasteiger partial charge in [0.1, 0.15) is 23.1 Å². The van der Waals surface area contributed by atoms with Crippen LogP contribution >= 0.6 is 11.3 Å². The van der Waals surface area contributed by atoms with Crippen LogP contribution in [0.25, 0.3) is 12.2 Å². The van der Waals surface area contributed by atoms with Crippen LogP contribution in [0.1, 0.15) is 56.7 Å². The highest BCUT2D eigenvalue weighted by Gasteiger charge is 2.20. The molecule has 144 valence electrons. The molecule has 0 aliphatic carbocycles. The van der Waals surface area contributed by atoms with Gasteiger partial charge in [0.05, 0.1) is 18.4 Å². The largest absolute Gasteiger partial charge is 0.471 e. The molecule has 0 saturated carbocycles. The van der Waals surface area contributed by atoms with E-state index in [4.69, 9.17) is 4.42 Å². The van der Waals surface area contributed by atoms with Gasteiger partial charge in [-0.15, -0.1) is 11.3 Å².